The van der Waals surface area contributed by atoms with E-state index in [0.29, 0.717) is 19.8 Å². The van der Waals surface area contributed by atoms with Crippen LogP contribution in [0.3, 0.4) is 0 Å². The highest BCUT2D eigenvalue weighted by atomic mass is 16.5. The molecule has 1 fully saturated rings. The van der Waals surface area contributed by atoms with Crippen LogP contribution in [0.5, 0.6) is 0 Å². The molecule has 0 aliphatic carbocycles. The lowest BCUT2D eigenvalue weighted by Gasteiger charge is -2.36. The number of nitrogens with one attached hydrogen (secondary N) is 2. The minimum absolute atomic E-state index is 0.0771. The first kappa shape index (κ1) is 10.2. The van der Waals surface area contributed by atoms with Crippen LogP contribution in [0.25, 0.3) is 0 Å². The maximum atomic E-state index is 11.7. The van der Waals surface area contributed by atoms with Gasteiger partial charge in [0.05, 0.1) is 25.0 Å². The van der Waals surface area contributed by atoms with E-state index in [1.807, 2.05) is 6.92 Å². The van der Waals surface area contributed by atoms with Gasteiger partial charge in [-0.2, -0.15) is 0 Å². The van der Waals surface area contributed by atoms with Gasteiger partial charge in [0.2, 0.25) is 5.91 Å². The number of ether oxygens (including phenoxy) is 1. The summed E-state index contributed by atoms with van der Waals surface area (Å²) in [5.41, 5.74) is 0.721. The summed E-state index contributed by atoms with van der Waals surface area (Å²) in [6.45, 7) is 3.62. The number of carbonyl (C=O) groups is 1. The van der Waals surface area contributed by atoms with Crippen molar-refractivity contribution in [2.24, 2.45) is 5.41 Å². The molecule has 2 N–H and O–H groups in total. The molecule has 1 amide bonds. The molecule has 1 aliphatic rings. The normalized spacial score (nSPS) is 18.2. The van der Waals surface area contributed by atoms with E-state index in [1.54, 1.807) is 12.5 Å². The van der Waals surface area contributed by atoms with Gasteiger partial charge < -0.3 is 15.0 Å². The number of aromatic amines is 1. The Bertz CT molecular complexity index is 330. The van der Waals surface area contributed by atoms with E-state index in [-0.39, 0.29) is 11.3 Å². The van der Waals surface area contributed by atoms with Crippen molar-refractivity contribution >= 4 is 5.91 Å². The van der Waals surface area contributed by atoms with Crippen LogP contribution in [0.2, 0.25) is 0 Å². The average molecular weight is 209 g/mol. The number of carbonyl (C=O) groups excluding carboxylic acids is 1. The Labute approximate surface area is 88.2 Å². The van der Waals surface area contributed by atoms with Crippen LogP contribution in [0.1, 0.15) is 12.6 Å². The number of hydrogen-bond acceptors (Lipinski definition) is 3. The highest BCUT2D eigenvalue weighted by Gasteiger charge is 2.40. The number of rotatable bonds is 4. The second-order valence-electron chi connectivity index (χ2n) is 4.14. The van der Waals surface area contributed by atoms with E-state index in [2.05, 4.69) is 15.3 Å². The largest absolute Gasteiger partial charge is 0.379 e. The summed E-state index contributed by atoms with van der Waals surface area (Å²) in [6.07, 6.45) is 4.18. The summed E-state index contributed by atoms with van der Waals surface area (Å²) in [5.74, 6) is 0.0771. The standard InChI is InChI=1S/C10H15N3O2/c1-10(5-15-6-10)9(14)12-3-2-8-4-11-7-13-8/h4,7H,2-3,5-6H2,1H3,(H,11,13)(H,12,14). The Kier molecular flexibility index (Phi) is 2.73. The maximum absolute atomic E-state index is 11.7. The molecule has 1 aliphatic heterocycles. The van der Waals surface area contributed by atoms with Crippen LogP contribution in [0.4, 0.5) is 0 Å². The van der Waals surface area contributed by atoms with Gasteiger partial charge in [-0.05, 0) is 6.92 Å². The minimum atomic E-state index is -0.312. The third-order valence-electron chi connectivity index (χ3n) is 2.62. The number of nitrogens with zero attached hydrogens (tertiary/aromatic N) is 1. The molecule has 2 heterocycles. The molecular weight excluding hydrogens is 194 g/mol. The van der Waals surface area contributed by atoms with Gasteiger partial charge in [0.15, 0.2) is 0 Å². The van der Waals surface area contributed by atoms with Crippen LogP contribution in [-0.4, -0.2) is 35.6 Å². The Balaban J connectivity index is 1.72. The van der Waals surface area contributed by atoms with E-state index < -0.39 is 0 Å². The Morgan fingerprint density at radius 2 is 2.53 bits per heavy atom. The molecule has 0 bridgehead atoms. The first-order valence-corrected chi connectivity index (χ1v) is 5.04. The molecule has 82 valence electrons. The SMILES string of the molecule is CC1(C(=O)NCCc2cnc[nH]2)COC1. The van der Waals surface area contributed by atoms with Gasteiger partial charge in [-0.15, -0.1) is 0 Å². The van der Waals surface area contributed by atoms with Gasteiger partial charge in [0.1, 0.15) is 0 Å². The molecular formula is C10H15N3O2. The van der Waals surface area contributed by atoms with Crippen molar-refractivity contribution in [1.29, 1.82) is 0 Å². The van der Waals surface area contributed by atoms with Gasteiger partial charge in [0, 0.05) is 24.9 Å². The second-order valence-corrected chi connectivity index (χ2v) is 4.14. The molecule has 5 heteroatoms. The van der Waals surface area contributed by atoms with Gasteiger partial charge in [-0.25, -0.2) is 4.98 Å². The lowest BCUT2D eigenvalue weighted by Crippen LogP contribution is -2.52. The molecule has 0 spiro atoms. The molecule has 0 saturated carbocycles. The Morgan fingerprint density at radius 3 is 3.07 bits per heavy atom. The van der Waals surface area contributed by atoms with Crippen molar-refractivity contribution in [2.75, 3.05) is 19.8 Å². The van der Waals surface area contributed by atoms with Crippen molar-refractivity contribution in [2.45, 2.75) is 13.3 Å². The lowest BCUT2D eigenvalue weighted by atomic mass is 9.87. The van der Waals surface area contributed by atoms with Crippen molar-refractivity contribution in [3.63, 3.8) is 0 Å². The monoisotopic (exact) mass is 209 g/mol. The van der Waals surface area contributed by atoms with Crippen molar-refractivity contribution in [3.8, 4) is 0 Å². The predicted molar refractivity (Wildman–Crippen MR) is 54.2 cm³/mol. The molecule has 0 aromatic carbocycles. The number of imidazole rings is 1. The number of amides is 1. The number of aromatic nitrogens is 2. The lowest BCUT2D eigenvalue weighted by molar-refractivity contribution is -0.157. The predicted octanol–water partition coefficient (Wildman–Crippen LogP) is 0.105. The van der Waals surface area contributed by atoms with E-state index in [0.717, 1.165) is 12.1 Å². The first-order chi connectivity index (χ1) is 7.21. The van der Waals surface area contributed by atoms with Gasteiger partial charge in [-0.1, -0.05) is 0 Å². The van der Waals surface area contributed by atoms with Crippen LogP contribution in [0.15, 0.2) is 12.5 Å². The van der Waals surface area contributed by atoms with Crippen LogP contribution < -0.4 is 5.32 Å². The molecule has 2 rings (SSSR count). The number of H-pyrrole nitrogens is 1. The Hall–Kier alpha value is -1.36. The van der Waals surface area contributed by atoms with Gasteiger partial charge in [0.25, 0.3) is 0 Å². The summed E-state index contributed by atoms with van der Waals surface area (Å²) in [5, 5.41) is 2.90. The molecule has 0 radical (unpaired) electrons. The highest BCUT2D eigenvalue weighted by molar-refractivity contribution is 5.83. The zero-order valence-electron chi connectivity index (χ0n) is 8.75. The summed E-state index contributed by atoms with van der Waals surface area (Å²) in [6, 6.07) is 0. The van der Waals surface area contributed by atoms with E-state index in [4.69, 9.17) is 4.74 Å². The third kappa shape index (κ3) is 2.18. The van der Waals surface area contributed by atoms with Crippen LogP contribution in [0, 0.1) is 5.41 Å². The number of hydrogen-bond donors (Lipinski definition) is 2. The van der Waals surface area contributed by atoms with Crippen LogP contribution in [-0.2, 0) is 16.0 Å². The molecule has 1 saturated heterocycles. The fourth-order valence-electron chi connectivity index (χ4n) is 1.48. The fraction of sp³-hybridized carbons (Fsp3) is 0.600. The molecule has 0 unspecified atom stereocenters. The van der Waals surface area contributed by atoms with Crippen molar-refractivity contribution < 1.29 is 9.53 Å². The highest BCUT2D eigenvalue weighted by Crippen LogP contribution is 2.26. The fourth-order valence-corrected chi connectivity index (χ4v) is 1.48. The summed E-state index contributed by atoms with van der Waals surface area (Å²) in [7, 11) is 0. The maximum Gasteiger partial charge on any atom is 0.230 e. The topological polar surface area (TPSA) is 67.0 Å². The minimum Gasteiger partial charge on any atom is -0.379 e. The zero-order chi connectivity index (χ0) is 10.7. The first-order valence-electron chi connectivity index (χ1n) is 5.04. The zero-order valence-corrected chi connectivity index (χ0v) is 8.75. The van der Waals surface area contributed by atoms with E-state index in [1.165, 1.54) is 0 Å². The molecule has 1 aromatic heterocycles. The van der Waals surface area contributed by atoms with Gasteiger partial charge in [-0.3, -0.25) is 4.79 Å². The molecule has 0 atom stereocenters. The molecule has 5 nitrogen and oxygen atoms in total. The van der Waals surface area contributed by atoms with E-state index in [9.17, 15) is 4.79 Å². The second kappa shape index (κ2) is 4.02. The van der Waals surface area contributed by atoms with E-state index >= 15 is 0 Å². The summed E-state index contributed by atoms with van der Waals surface area (Å²) >= 11 is 0. The Morgan fingerprint density at radius 1 is 1.73 bits per heavy atom. The van der Waals surface area contributed by atoms with Gasteiger partial charge >= 0.3 is 0 Å². The van der Waals surface area contributed by atoms with Crippen molar-refractivity contribution in [3.05, 3.63) is 18.2 Å². The van der Waals surface area contributed by atoms with Crippen LogP contribution >= 0.6 is 0 Å². The molecule has 1 aromatic rings. The summed E-state index contributed by atoms with van der Waals surface area (Å²) in [4.78, 5) is 18.6. The molecule has 15 heavy (non-hydrogen) atoms. The van der Waals surface area contributed by atoms with Crippen molar-refractivity contribution in [1.82, 2.24) is 15.3 Å². The average Bonchev–Trinajstić information content (AvgIpc) is 2.66. The quantitative estimate of drug-likeness (QED) is 0.739. The summed E-state index contributed by atoms with van der Waals surface area (Å²) < 4.78 is 5.03. The third-order valence-corrected chi connectivity index (χ3v) is 2.62. The smallest absolute Gasteiger partial charge is 0.230 e.